The minimum Gasteiger partial charge on any atom is -0.397 e. The molecular formula is C10H12N2O. The Kier molecular flexibility index (Phi) is 3.85. The molecule has 0 saturated heterocycles. The number of para-hydroxylation sites is 2. The van der Waals surface area contributed by atoms with Crippen LogP contribution in [0, 0.1) is 0 Å². The van der Waals surface area contributed by atoms with Gasteiger partial charge in [-0.1, -0.05) is 12.1 Å². The molecular weight excluding hydrogens is 164 g/mol. The van der Waals surface area contributed by atoms with Gasteiger partial charge in [0.05, 0.1) is 11.0 Å². The lowest BCUT2D eigenvalue weighted by Crippen LogP contribution is -1.78. The summed E-state index contributed by atoms with van der Waals surface area (Å²) in [7, 11) is 0. The van der Waals surface area contributed by atoms with Crippen LogP contribution in [0.2, 0.25) is 0 Å². The first-order chi connectivity index (χ1) is 6.38. The van der Waals surface area contributed by atoms with Crippen LogP contribution in [0.15, 0.2) is 36.7 Å². The molecule has 13 heavy (non-hydrogen) atoms. The standard InChI is InChI=1S/C8H6N2.C2H6O/c1-2-4-8-7(3-1)9-5-6-10-8;1-2-3/h1-6H;3H,2H2,1H3. The van der Waals surface area contributed by atoms with Crippen molar-refractivity contribution in [2.45, 2.75) is 6.92 Å². The van der Waals surface area contributed by atoms with Gasteiger partial charge in [0.2, 0.25) is 0 Å². The summed E-state index contributed by atoms with van der Waals surface area (Å²) in [4.78, 5) is 8.24. The summed E-state index contributed by atoms with van der Waals surface area (Å²) < 4.78 is 0. The topological polar surface area (TPSA) is 46.0 Å². The van der Waals surface area contributed by atoms with E-state index in [4.69, 9.17) is 5.11 Å². The monoisotopic (exact) mass is 176 g/mol. The lowest BCUT2D eigenvalue weighted by molar-refractivity contribution is 0.318. The fourth-order valence-corrected chi connectivity index (χ4v) is 0.910. The van der Waals surface area contributed by atoms with Crippen molar-refractivity contribution in [1.82, 2.24) is 9.97 Å². The van der Waals surface area contributed by atoms with Crippen LogP contribution in [-0.2, 0) is 0 Å². The van der Waals surface area contributed by atoms with Gasteiger partial charge in [0, 0.05) is 19.0 Å². The summed E-state index contributed by atoms with van der Waals surface area (Å²) in [6, 6.07) is 7.80. The van der Waals surface area contributed by atoms with Gasteiger partial charge in [-0.3, -0.25) is 9.97 Å². The van der Waals surface area contributed by atoms with Crippen molar-refractivity contribution in [3.8, 4) is 0 Å². The number of hydrogen-bond donors (Lipinski definition) is 1. The lowest BCUT2D eigenvalue weighted by Gasteiger charge is -1.90. The third kappa shape index (κ3) is 2.80. The maximum absolute atomic E-state index is 7.57. The molecule has 0 aliphatic carbocycles. The van der Waals surface area contributed by atoms with E-state index in [-0.39, 0.29) is 6.61 Å². The summed E-state index contributed by atoms with van der Waals surface area (Å²) in [6.45, 7) is 1.93. The van der Waals surface area contributed by atoms with Crippen LogP contribution >= 0.6 is 0 Å². The van der Waals surface area contributed by atoms with E-state index in [0.29, 0.717) is 0 Å². The van der Waals surface area contributed by atoms with E-state index < -0.39 is 0 Å². The molecule has 0 aliphatic rings. The van der Waals surface area contributed by atoms with Crippen molar-refractivity contribution >= 4 is 11.0 Å². The molecule has 0 fully saturated rings. The quantitative estimate of drug-likeness (QED) is 0.663. The van der Waals surface area contributed by atoms with E-state index in [1.54, 1.807) is 19.3 Å². The average molecular weight is 176 g/mol. The molecule has 1 N–H and O–H groups in total. The minimum atomic E-state index is 0.250. The number of aromatic nitrogens is 2. The Morgan fingerprint density at radius 2 is 1.46 bits per heavy atom. The summed E-state index contributed by atoms with van der Waals surface area (Å²) in [5.74, 6) is 0. The Morgan fingerprint density at radius 3 is 1.85 bits per heavy atom. The molecule has 0 atom stereocenters. The van der Waals surface area contributed by atoms with Crippen LogP contribution in [-0.4, -0.2) is 21.7 Å². The highest BCUT2D eigenvalue weighted by Gasteiger charge is 1.88. The molecule has 0 bridgehead atoms. The average Bonchev–Trinajstić information content (AvgIpc) is 2.19. The van der Waals surface area contributed by atoms with E-state index in [1.807, 2.05) is 24.3 Å². The minimum absolute atomic E-state index is 0.250. The number of nitrogens with zero attached hydrogens (tertiary/aromatic N) is 2. The predicted octanol–water partition coefficient (Wildman–Crippen LogP) is 1.63. The summed E-state index contributed by atoms with van der Waals surface area (Å²) in [6.07, 6.45) is 3.39. The second-order valence-corrected chi connectivity index (χ2v) is 2.36. The van der Waals surface area contributed by atoms with Gasteiger partial charge >= 0.3 is 0 Å². The van der Waals surface area contributed by atoms with Crippen LogP contribution < -0.4 is 0 Å². The Bertz CT molecular complexity index is 297. The smallest absolute Gasteiger partial charge is 0.0886 e. The van der Waals surface area contributed by atoms with E-state index in [9.17, 15) is 0 Å². The van der Waals surface area contributed by atoms with Crippen molar-refractivity contribution in [2.75, 3.05) is 6.61 Å². The van der Waals surface area contributed by atoms with Crippen LogP contribution in [0.1, 0.15) is 6.92 Å². The van der Waals surface area contributed by atoms with Crippen molar-refractivity contribution in [3.05, 3.63) is 36.7 Å². The fourth-order valence-electron chi connectivity index (χ4n) is 0.910. The first-order valence-corrected chi connectivity index (χ1v) is 4.15. The number of benzene rings is 1. The summed E-state index contributed by atoms with van der Waals surface area (Å²) in [5, 5.41) is 7.57. The zero-order chi connectivity index (χ0) is 9.52. The van der Waals surface area contributed by atoms with Crippen LogP contribution in [0.25, 0.3) is 11.0 Å². The summed E-state index contributed by atoms with van der Waals surface area (Å²) >= 11 is 0. The van der Waals surface area contributed by atoms with E-state index >= 15 is 0 Å². The van der Waals surface area contributed by atoms with Gasteiger partial charge in [-0.25, -0.2) is 0 Å². The molecule has 0 radical (unpaired) electrons. The molecule has 68 valence electrons. The van der Waals surface area contributed by atoms with Crippen LogP contribution in [0.3, 0.4) is 0 Å². The van der Waals surface area contributed by atoms with Gasteiger partial charge < -0.3 is 5.11 Å². The molecule has 0 unspecified atom stereocenters. The Hall–Kier alpha value is -1.48. The number of fused-ring (bicyclic) bond motifs is 1. The molecule has 0 spiro atoms. The lowest BCUT2D eigenvalue weighted by atomic mass is 10.3. The molecule has 3 heteroatoms. The molecule has 1 aromatic heterocycles. The molecule has 1 heterocycles. The highest BCUT2D eigenvalue weighted by atomic mass is 16.2. The van der Waals surface area contributed by atoms with Gasteiger partial charge in [-0.05, 0) is 19.1 Å². The van der Waals surface area contributed by atoms with Crippen LogP contribution in [0.5, 0.6) is 0 Å². The maximum atomic E-state index is 7.57. The number of rotatable bonds is 0. The highest BCUT2D eigenvalue weighted by molar-refractivity contribution is 5.72. The third-order valence-electron chi connectivity index (χ3n) is 1.38. The normalized spacial score (nSPS) is 9.08. The second kappa shape index (κ2) is 5.22. The Balaban J connectivity index is 0.000000251. The SMILES string of the molecule is CCO.c1ccc2nccnc2c1. The zero-order valence-corrected chi connectivity index (χ0v) is 7.51. The number of aliphatic hydroxyl groups is 1. The molecule has 2 aromatic rings. The first kappa shape index (κ1) is 9.61. The zero-order valence-electron chi connectivity index (χ0n) is 7.51. The largest absolute Gasteiger partial charge is 0.397 e. The summed E-state index contributed by atoms with van der Waals surface area (Å²) in [5.41, 5.74) is 1.90. The van der Waals surface area contributed by atoms with E-state index in [1.165, 1.54) is 0 Å². The Labute approximate surface area is 77.1 Å². The molecule has 3 nitrogen and oxygen atoms in total. The fraction of sp³-hybridized carbons (Fsp3) is 0.200. The van der Waals surface area contributed by atoms with Gasteiger partial charge in [-0.15, -0.1) is 0 Å². The van der Waals surface area contributed by atoms with Gasteiger partial charge in [0.15, 0.2) is 0 Å². The van der Waals surface area contributed by atoms with Gasteiger partial charge in [-0.2, -0.15) is 0 Å². The van der Waals surface area contributed by atoms with Crippen LogP contribution in [0.4, 0.5) is 0 Å². The molecule has 2 rings (SSSR count). The van der Waals surface area contributed by atoms with E-state index in [0.717, 1.165) is 11.0 Å². The maximum Gasteiger partial charge on any atom is 0.0886 e. The van der Waals surface area contributed by atoms with Crippen molar-refractivity contribution in [3.63, 3.8) is 0 Å². The molecule has 1 aromatic carbocycles. The third-order valence-corrected chi connectivity index (χ3v) is 1.38. The number of hydrogen-bond acceptors (Lipinski definition) is 3. The van der Waals surface area contributed by atoms with Crippen molar-refractivity contribution in [2.24, 2.45) is 0 Å². The van der Waals surface area contributed by atoms with Crippen molar-refractivity contribution < 1.29 is 5.11 Å². The second-order valence-electron chi connectivity index (χ2n) is 2.36. The molecule has 0 aliphatic heterocycles. The highest BCUT2D eigenvalue weighted by Crippen LogP contribution is 2.04. The molecule has 0 amide bonds. The first-order valence-electron chi connectivity index (χ1n) is 4.15. The van der Waals surface area contributed by atoms with Gasteiger partial charge in [0.1, 0.15) is 0 Å². The van der Waals surface area contributed by atoms with E-state index in [2.05, 4.69) is 9.97 Å². The van der Waals surface area contributed by atoms with Gasteiger partial charge in [0.25, 0.3) is 0 Å². The predicted molar refractivity (Wildman–Crippen MR) is 52.3 cm³/mol. The Morgan fingerprint density at radius 1 is 1.08 bits per heavy atom. The molecule has 0 saturated carbocycles. The van der Waals surface area contributed by atoms with Crippen molar-refractivity contribution in [1.29, 1.82) is 0 Å². The number of aliphatic hydroxyl groups excluding tert-OH is 1.